The molecule has 1 amide bonds. The van der Waals surface area contributed by atoms with E-state index in [-0.39, 0.29) is 17.5 Å². The Balaban J connectivity index is 1.55. The number of hydrogen-bond donors (Lipinski definition) is 1. The fourth-order valence-corrected chi connectivity index (χ4v) is 4.43. The molecule has 3 nitrogen and oxygen atoms in total. The second kappa shape index (κ2) is 7.84. The van der Waals surface area contributed by atoms with E-state index in [1.807, 2.05) is 0 Å². The van der Waals surface area contributed by atoms with Crippen molar-refractivity contribution in [3.63, 3.8) is 0 Å². The van der Waals surface area contributed by atoms with Crippen LogP contribution in [-0.4, -0.2) is 29.9 Å². The smallest absolute Gasteiger partial charge is 0.244 e. The van der Waals surface area contributed by atoms with E-state index >= 15 is 0 Å². The van der Waals surface area contributed by atoms with Crippen LogP contribution in [-0.2, 0) is 4.79 Å². The Bertz CT molecular complexity index is 815. The molecule has 4 rings (SSSR count). The Morgan fingerprint density at radius 1 is 0.964 bits per heavy atom. The molecule has 2 aliphatic rings. The molecular formula is C23H24F2N2O. The molecule has 2 saturated heterocycles. The van der Waals surface area contributed by atoms with Crippen LogP contribution in [0, 0.1) is 11.6 Å². The predicted molar refractivity (Wildman–Crippen MR) is 105 cm³/mol. The van der Waals surface area contributed by atoms with E-state index in [2.05, 4.69) is 17.3 Å². The standard InChI is InChI=1S/C23H24F2N2O/c1-27-20-10-11-21(27)13-15(12-20)14-22(28)26-23(16-2-6-18(24)7-3-16)17-4-8-19(25)9-5-17/h2-9,14,20-21,23H,10-13H2,1H3,(H,26,28). The van der Waals surface area contributed by atoms with Crippen molar-refractivity contribution < 1.29 is 13.6 Å². The zero-order valence-electron chi connectivity index (χ0n) is 15.9. The number of nitrogens with zero attached hydrogens (tertiary/aromatic N) is 1. The van der Waals surface area contributed by atoms with Crippen molar-refractivity contribution in [2.45, 2.75) is 43.8 Å². The third-order valence-corrected chi connectivity index (χ3v) is 6.01. The van der Waals surface area contributed by atoms with Gasteiger partial charge in [0.2, 0.25) is 5.91 Å². The number of fused-ring (bicyclic) bond motifs is 2. The molecule has 0 aliphatic carbocycles. The topological polar surface area (TPSA) is 32.3 Å². The highest BCUT2D eigenvalue weighted by atomic mass is 19.1. The summed E-state index contributed by atoms with van der Waals surface area (Å²) in [7, 11) is 2.16. The summed E-state index contributed by atoms with van der Waals surface area (Å²) in [5.41, 5.74) is 2.69. The van der Waals surface area contributed by atoms with Gasteiger partial charge in [-0.25, -0.2) is 8.78 Å². The Morgan fingerprint density at radius 2 is 1.43 bits per heavy atom. The molecule has 28 heavy (non-hydrogen) atoms. The summed E-state index contributed by atoms with van der Waals surface area (Å²) in [4.78, 5) is 15.2. The third-order valence-electron chi connectivity index (χ3n) is 6.01. The molecular weight excluding hydrogens is 358 g/mol. The fourth-order valence-electron chi connectivity index (χ4n) is 4.43. The van der Waals surface area contributed by atoms with E-state index in [9.17, 15) is 13.6 Å². The first kappa shape index (κ1) is 18.8. The van der Waals surface area contributed by atoms with Crippen LogP contribution >= 0.6 is 0 Å². The Morgan fingerprint density at radius 3 is 1.89 bits per heavy atom. The number of hydrogen-bond acceptors (Lipinski definition) is 2. The van der Waals surface area contributed by atoms with Crippen molar-refractivity contribution in [2.75, 3.05) is 7.05 Å². The predicted octanol–water partition coefficient (Wildman–Crippen LogP) is 4.35. The highest BCUT2D eigenvalue weighted by Gasteiger charge is 2.36. The summed E-state index contributed by atoms with van der Waals surface area (Å²) in [6.07, 6.45) is 5.95. The lowest BCUT2D eigenvalue weighted by atomic mass is 9.96. The summed E-state index contributed by atoms with van der Waals surface area (Å²) < 4.78 is 26.7. The number of nitrogens with one attached hydrogen (secondary N) is 1. The minimum absolute atomic E-state index is 0.169. The number of piperidine rings is 1. The molecule has 2 aromatic carbocycles. The van der Waals surface area contributed by atoms with Gasteiger partial charge < -0.3 is 5.32 Å². The molecule has 2 bridgehead atoms. The Labute approximate surface area is 164 Å². The van der Waals surface area contributed by atoms with Gasteiger partial charge >= 0.3 is 0 Å². The molecule has 2 heterocycles. The third kappa shape index (κ3) is 3.99. The van der Waals surface area contributed by atoms with Crippen molar-refractivity contribution in [1.29, 1.82) is 0 Å². The van der Waals surface area contributed by atoms with Crippen LogP contribution in [0.1, 0.15) is 42.9 Å². The van der Waals surface area contributed by atoms with Gasteiger partial charge in [-0.15, -0.1) is 0 Å². The van der Waals surface area contributed by atoms with E-state index in [4.69, 9.17) is 0 Å². The maximum Gasteiger partial charge on any atom is 0.244 e. The zero-order chi connectivity index (χ0) is 19.7. The van der Waals surface area contributed by atoms with Crippen molar-refractivity contribution in [1.82, 2.24) is 10.2 Å². The number of carbonyl (C=O) groups excluding carboxylic acids is 1. The average Bonchev–Trinajstić information content (AvgIpc) is 2.89. The van der Waals surface area contributed by atoms with E-state index < -0.39 is 6.04 Å². The van der Waals surface area contributed by atoms with Crippen LogP contribution < -0.4 is 5.32 Å². The molecule has 1 N–H and O–H groups in total. The highest BCUT2D eigenvalue weighted by molar-refractivity contribution is 5.89. The molecule has 146 valence electrons. The van der Waals surface area contributed by atoms with E-state index in [0.717, 1.165) is 24.0 Å². The lowest BCUT2D eigenvalue weighted by Gasteiger charge is -2.32. The minimum atomic E-state index is -0.464. The summed E-state index contributed by atoms with van der Waals surface area (Å²) in [6, 6.07) is 12.6. The first-order valence-electron chi connectivity index (χ1n) is 9.72. The second-order valence-electron chi connectivity index (χ2n) is 7.81. The quantitative estimate of drug-likeness (QED) is 0.798. The Kier molecular flexibility index (Phi) is 5.27. The largest absolute Gasteiger partial charge is 0.342 e. The molecule has 0 saturated carbocycles. The summed E-state index contributed by atoms with van der Waals surface area (Å²) >= 11 is 0. The van der Waals surface area contributed by atoms with Crippen molar-refractivity contribution in [2.24, 2.45) is 0 Å². The van der Waals surface area contributed by atoms with Gasteiger partial charge in [0.15, 0.2) is 0 Å². The molecule has 0 spiro atoms. The van der Waals surface area contributed by atoms with Crippen molar-refractivity contribution in [3.8, 4) is 0 Å². The molecule has 2 atom stereocenters. The van der Waals surface area contributed by atoms with Crippen LogP contribution in [0.4, 0.5) is 8.78 Å². The maximum atomic E-state index is 13.3. The van der Waals surface area contributed by atoms with Gasteiger partial charge in [-0.2, -0.15) is 0 Å². The zero-order valence-corrected chi connectivity index (χ0v) is 15.9. The molecule has 2 fully saturated rings. The lowest BCUT2D eigenvalue weighted by Crippen LogP contribution is -2.37. The van der Waals surface area contributed by atoms with Gasteiger partial charge in [-0.3, -0.25) is 9.69 Å². The minimum Gasteiger partial charge on any atom is -0.342 e. The van der Waals surface area contributed by atoms with Gasteiger partial charge in [0.1, 0.15) is 11.6 Å². The molecule has 0 radical (unpaired) electrons. The first-order chi connectivity index (χ1) is 13.5. The molecule has 0 aromatic heterocycles. The monoisotopic (exact) mass is 382 g/mol. The van der Waals surface area contributed by atoms with Crippen LogP contribution in [0.15, 0.2) is 60.2 Å². The number of amides is 1. The lowest BCUT2D eigenvalue weighted by molar-refractivity contribution is -0.117. The van der Waals surface area contributed by atoms with Gasteiger partial charge in [0.25, 0.3) is 0 Å². The number of benzene rings is 2. The van der Waals surface area contributed by atoms with Crippen LogP contribution in [0.25, 0.3) is 0 Å². The van der Waals surface area contributed by atoms with Crippen molar-refractivity contribution in [3.05, 3.63) is 82.9 Å². The number of carbonyl (C=O) groups is 1. The van der Waals surface area contributed by atoms with E-state index in [1.54, 1.807) is 30.3 Å². The van der Waals surface area contributed by atoms with E-state index in [1.165, 1.54) is 42.7 Å². The van der Waals surface area contributed by atoms with Crippen LogP contribution in [0.5, 0.6) is 0 Å². The molecule has 2 aromatic rings. The number of rotatable bonds is 4. The second-order valence-corrected chi connectivity index (χ2v) is 7.81. The summed E-state index contributed by atoms with van der Waals surface area (Å²) in [5, 5.41) is 3.02. The summed E-state index contributed by atoms with van der Waals surface area (Å²) in [6.45, 7) is 0. The SMILES string of the molecule is CN1C2CCC1CC(=CC(=O)NC(c1ccc(F)cc1)c1ccc(F)cc1)C2. The van der Waals surface area contributed by atoms with Gasteiger partial charge in [-0.05, 0) is 68.1 Å². The van der Waals surface area contributed by atoms with Crippen LogP contribution in [0.2, 0.25) is 0 Å². The normalized spacial score (nSPS) is 21.8. The highest BCUT2D eigenvalue weighted by Crippen LogP contribution is 2.37. The van der Waals surface area contributed by atoms with E-state index in [0.29, 0.717) is 12.1 Å². The van der Waals surface area contributed by atoms with Gasteiger partial charge in [0.05, 0.1) is 6.04 Å². The van der Waals surface area contributed by atoms with Gasteiger partial charge in [0, 0.05) is 18.2 Å². The maximum absolute atomic E-state index is 13.3. The molecule has 2 aliphatic heterocycles. The average molecular weight is 382 g/mol. The van der Waals surface area contributed by atoms with Gasteiger partial charge in [-0.1, -0.05) is 29.8 Å². The Hall–Kier alpha value is -2.53. The van der Waals surface area contributed by atoms with Crippen LogP contribution in [0.3, 0.4) is 0 Å². The molecule has 2 unspecified atom stereocenters. The first-order valence-corrected chi connectivity index (χ1v) is 9.72. The van der Waals surface area contributed by atoms with Crippen molar-refractivity contribution >= 4 is 5.91 Å². The number of halogens is 2. The molecule has 5 heteroatoms. The fraction of sp³-hybridized carbons (Fsp3) is 0.348. The summed E-state index contributed by atoms with van der Waals surface area (Å²) in [5.74, 6) is -0.841.